The largest absolute Gasteiger partial charge is 0.343 e. The number of carbonyl (C=O) groups excluding carboxylic acids is 1. The van der Waals surface area contributed by atoms with Gasteiger partial charge in [0.25, 0.3) is 5.91 Å². The smallest absolute Gasteiger partial charge is 0.251 e. The Hall–Kier alpha value is -3.16. The van der Waals surface area contributed by atoms with Crippen molar-refractivity contribution < 1.29 is 4.79 Å². The lowest BCUT2D eigenvalue weighted by atomic mass is 9.99. The maximum absolute atomic E-state index is 12.5. The fourth-order valence-corrected chi connectivity index (χ4v) is 3.24. The number of nitrogens with zero attached hydrogens (tertiary/aromatic N) is 2. The molecule has 0 bridgehead atoms. The molecule has 1 aliphatic carbocycles. The Labute approximate surface area is 162 Å². The number of pyridine rings is 1. The van der Waals surface area contributed by atoms with Crippen molar-refractivity contribution in [2.24, 2.45) is 0 Å². The zero-order valence-electron chi connectivity index (χ0n) is 14.4. The minimum absolute atomic E-state index is 0.0930. The monoisotopic (exact) mass is 373 g/mol. The van der Waals surface area contributed by atoms with Crippen LogP contribution in [0.5, 0.6) is 0 Å². The molecule has 1 heterocycles. The van der Waals surface area contributed by atoms with E-state index < -0.39 is 0 Å². The van der Waals surface area contributed by atoms with Crippen LogP contribution in [0.1, 0.15) is 34.5 Å². The fraction of sp³-hybridized carbons (Fsp3) is 0.136. The van der Waals surface area contributed by atoms with Crippen molar-refractivity contribution >= 4 is 17.5 Å². The van der Waals surface area contributed by atoms with E-state index in [0.29, 0.717) is 16.3 Å². The first-order valence-electron chi connectivity index (χ1n) is 8.65. The SMILES string of the molecule is N#Cc1ccc(-c2ccc(C3(NC(=O)c4ccc(Cl)cc4)CC3)cc2)cn1. The molecule has 1 saturated carbocycles. The lowest BCUT2D eigenvalue weighted by Gasteiger charge is -2.18. The summed E-state index contributed by atoms with van der Waals surface area (Å²) in [5.74, 6) is -0.0930. The van der Waals surface area contributed by atoms with Crippen molar-refractivity contribution in [3.8, 4) is 17.2 Å². The molecule has 0 unspecified atom stereocenters. The molecule has 0 aliphatic heterocycles. The maximum atomic E-state index is 12.5. The van der Waals surface area contributed by atoms with Gasteiger partial charge in [-0.1, -0.05) is 35.9 Å². The molecule has 0 atom stereocenters. The number of halogens is 1. The number of aromatic nitrogens is 1. The predicted molar refractivity (Wildman–Crippen MR) is 104 cm³/mol. The maximum Gasteiger partial charge on any atom is 0.251 e. The summed E-state index contributed by atoms with van der Waals surface area (Å²) >= 11 is 5.89. The molecule has 1 fully saturated rings. The minimum atomic E-state index is -0.293. The van der Waals surface area contributed by atoms with Gasteiger partial charge < -0.3 is 5.32 Å². The average Bonchev–Trinajstić information content (AvgIpc) is 3.49. The molecule has 27 heavy (non-hydrogen) atoms. The summed E-state index contributed by atoms with van der Waals surface area (Å²) in [4.78, 5) is 16.7. The van der Waals surface area contributed by atoms with Gasteiger partial charge in [-0.2, -0.15) is 5.26 Å². The van der Waals surface area contributed by atoms with Gasteiger partial charge in [-0.3, -0.25) is 4.79 Å². The Kier molecular flexibility index (Phi) is 4.39. The molecule has 4 rings (SSSR count). The Balaban J connectivity index is 1.51. The molecular weight excluding hydrogens is 358 g/mol. The third-order valence-corrected chi connectivity index (χ3v) is 5.11. The number of hydrogen-bond acceptors (Lipinski definition) is 3. The number of amides is 1. The fourth-order valence-electron chi connectivity index (χ4n) is 3.11. The van der Waals surface area contributed by atoms with E-state index in [9.17, 15) is 4.79 Å². The highest BCUT2D eigenvalue weighted by Gasteiger charge is 2.45. The van der Waals surface area contributed by atoms with Gasteiger partial charge in [-0.25, -0.2) is 4.98 Å². The van der Waals surface area contributed by atoms with E-state index >= 15 is 0 Å². The molecule has 132 valence electrons. The van der Waals surface area contributed by atoms with E-state index in [1.165, 1.54) is 0 Å². The van der Waals surface area contributed by atoms with Gasteiger partial charge in [0.2, 0.25) is 0 Å². The van der Waals surface area contributed by atoms with Crippen LogP contribution in [0.4, 0.5) is 0 Å². The third-order valence-electron chi connectivity index (χ3n) is 4.86. The van der Waals surface area contributed by atoms with Gasteiger partial charge in [0.15, 0.2) is 0 Å². The Morgan fingerprint density at radius 1 is 1.00 bits per heavy atom. The quantitative estimate of drug-likeness (QED) is 0.721. The van der Waals surface area contributed by atoms with Gasteiger partial charge in [0.1, 0.15) is 11.8 Å². The van der Waals surface area contributed by atoms with Crippen molar-refractivity contribution in [1.82, 2.24) is 10.3 Å². The Bertz CT molecular complexity index is 1020. The van der Waals surface area contributed by atoms with Gasteiger partial charge in [0.05, 0.1) is 5.54 Å². The molecule has 2 aromatic carbocycles. The zero-order chi connectivity index (χ0) is 18.9. The van der Waals surface area contributed by atoms with E-state index in [-0.39, 0.29) is 11.4 Å². The van der Waals surface area contributed by atoms with Crippen LogP contribution in [-0.2, 0) is 5.54 Å². The van der Waals surface area contributed by atoms with Crippen molar-refractivity contribution in [1.29, 1.82) is 5.26 Å². The highest BCUT2D eigenvalue weighted by Crippen LogP contribution is 2.46. The van der Waals surface area contributed by atoms with E-state index in [1.807, 2.05) is 36.4 Å². The summed E-state index contributed by atoms with van der Waals surface area (Å²) in [5.41, 5.74) is 3.78. The van der Waals surface area contributed by atoms with Crippen molar-refractivity contribution in [3.05, 3.63) is 88.7 Å². The first-order valence-corrected chi connectivity index (χ1v) is 9.03. The molecule has 1 N–H and O–H groups in total. The number of nitrogens with one attached hydrogen (secondary N) is 1. The number of nitriles is 1. The van der Waals surface area contributed by atoms with Crippen molar-refractivity contribution in [2.45, 2.75) is 18.4 Å². The normalized spacial score (nSPS) is 14.2. The van der Waals surface area contributed by atoms with Crippen molar-refractivity contribution in [3.63, 3.8) is 0 Å². The summed E-state index contributed by atoms with van der Waals surface area (Å²) in [6, 6.07) is 20.6. The first kappa shape index (κ1) is 17.3. The van der Waals surface area contributed by atoms with Gasteiger partial charge >= 0.3 is 0 Å². The van der Waals surface area contributed by atoms with Crippen molar-refractivity contribution in [2.75, 3.05) is 0 Å². The van der Waals surface area contributed by atoms with E-state index in [4.69, 9.17) is 16.9 Å². The second-order valence-electron chi connectivity index (χ2n) is 6.66. The summed E-state index contributed by atoms with van der Waals surface area (Å²) < 4.78 is 0. The van der Waals surface area contributed by atoms with Crippen LogP contribution in [0.25, 0.3) is 11.1 Å². The first-order chi connectivity index (χ1) is 13.1. The van der Waals surface area contributed by atoms with E-state index in [2.05, 4.69) is 10.3 Å². The highest BCUT2D eigenvalue weighted by molar-refractivity contribution is 6.30. The minimum Gasteiger partial charge on any atom is -0.343 e. The molecule has 0 spiro atoms. The van der Waals surface area contributed by atoms with Crippen LogP contribution in [0.3, 0.4) is 0 Å². The summed E-state index contributed by atoms with van der Waals surface area (Å²) in [5, 5.41) is 12.6. The number of benzene rings is 2. The molecule has 5 heteroatoms. The zero-order valence-corrected chi connectivity index (χ0v) is 15.2. The number of rotatable bonds is 4. The summed E-state index contributed by atoms with van der Waals surface area (Å²) in [6.07, 6.45) is 3.54. The second kappa shape index (κ2) is 6.86. The van der Waals surface area contributed by atoms with Crippen LogP contribution < -0.4 is 5.32 Å². The number of carbonyl (C=O) groups is 1. The Morgan fingerprint density at radius 2 is 1.67 bits per heavy atom. The van der Waals surface area contributed by atoms with Gasteiger partial charge in [-0.15, -0.1) is 0 Å². The number of hydrogen-bond donors (Lipinski definition) is 1. The predicted octanol–water partition coefficient (Wildman–Crippen LogP) is 4.69. The van der Waals surface area contributed by atoms with E-state index in [1.54, 1.807) is 36.5 Å². The van der Waals surface area contributed by atoms with Crippen LogP contribution in [0.15, 0.2) is 66.9 Å². The standard InChI is InChI=1S/C22H16ClN3O/c23-19-8-3-16(4-9-19)21(27)26-22(11-12-22)18-6-1-15(2-7-18)17-5-10-20(13-24)25-14-17/h1-10,14H,11-12H2,(H,26,27). The van der Waals surface area contributed by atoms with Crippen LogP contribution in [0, 0.1) is 11.3 Å². The lowest BCUT2D eigenvalue weighted by Crippen LogP contribution is -2.34. The molecule has 4 nitrogen and oxygen atoms in total. The molecule has 1 aliphatic rings. The lowest BCUT2D eigenvalue weighted by molar-refractivity contribution is 0.0931. The van der Waals surface area contributed by atoms with Gasteiger partial charge in [-0.05, 0) is 60.4 Å². The average molecular weight is 374 g/mol. The molecule has 0 saturated heterocycles. The molecule has 1 amide bonds. The molecule has 1 aromatic heterocycles. The summed E-state index contributed by atoms with van der Waals surface area (Å²) in [6.45, 7) is 0. The summed E-state index contributed by atoms with van der Waals surface area (Å²) in [7, 11) is 0. The van der Waals surface area contributed by atoms with E-state index in [0.717, 1.165) is 29.5 Å². The van der Waals surface area contributed by atoms with Crippen LogP contribution in [-0.4, -0.2) is 10.9 Å². The Morgan fingerprint density at radius 3 is 2.22 bits per heavy atom. The van der Waals surface area contributed by atoms with Crippen LogP contribution >= 0.6 is 11.6 Å². The van der Waals surface area contributed by atoms with Gasteiger partial charge in [0, 0.05) is 22.3 Å². The highest BCUT2D eigenvalue weighted by atomic mass is 35.5. The molecule has 3 aromatic rings. The van der Waals surface area contributed by atoms with Crippen LogP contribution in [0.2, 0.25) is 5.02 Å². The molecule has 0 radical (unpaired) electrons. The second-order valence-corrected chi connectivity index (χ2v) is 7.10. The molecular formula is C22H16ClN3O. The third kappa shape index (κ3) is 3.55. The topological polar surface area (TPSA) is 65.8 Å².